The number of ether oxygens (including phenoxy) is 2. The van der Waals surface area contributed by atoms with Gasteiger partial charge in [-0.05, 0) is 38.0 Å². The lowest BCUT2D eigenvalue weighted by molar-refractivity contribution is -0.132. The molecule has 0 saturated carbocycles. The van der Waals surface area contributed by atoms with Crippen LogP contribution in [0.3, 0.4) is 0 Å². The molecular weight excluding hydrogens is 282 g/mol. The number of rotatable bonds is 5. The van der Waals surface area contributed by atoms with Crippen molar-refractivity contribution in [3.8, 4) is 23.8 Å². The minimum Gasteiger partial charge on any atom is -0.490 e. The highest BCUT2D eigenvalue weighted by atomic mass is 16.5. The van der Waals surface area contributed by atoms with Gasteiger partial charge in [0.25, 0.3) is 5.91 Å². The fourth-order valence-corrected chi connectivity index (χ4v) is 2.34. The highest BCUT2D eigenvalue weighted by Gasteiger charge is 2.42. The molecule has 1 aliphatic rings. The summed E-state index contributed by atoms with van der Waals surface area (Å²) >= 11 is 0. The SMILES string of the molecule is C#CCN1C(=O)C(C)(C)Oc2c(OCCC)cc(CO)cc21. The Morgan fingerprint density at radius 1 is 1.45 bits per heavy atom. The molecule has 0 saturated heterocycles. The Hall–Kier alpha value is -2.19. The molecule has 0 radical (unpaired) electrons. The van der Waals surface area contributed by atoms with Gasteiger partial charge in [0.1, 0.15) is 0 Å². The van der Waals surface area contributed by atoms with Gasteiger partial charge in [-0.2, -0.15) is 0 Å². The first-order valence-corrected chi connectivity index (χ1v) is 7.29. The molecule has 22 heavy (non-hydrogen) atoms. The summed E-state index contributed by atoms with van der Waals surface area (Å²) in [5.74, 6) is 3.29. The molecule has 2 rings (SSSR count). The Bertz CT molecular complexity index is 616. The Balaban J connectivity index is 2.58. The van der Waals surface area contributed by atoms with Gasteiger partial charge < -0.3 is 14.6 Å². The van der Waals surface area contributed by atoms with Crippen LogP contribution in [0.5, 0.6) is 11.5 Å². The van der Waals surface area contributed by atoms with Crippen LogP contribution in [-0.2, 0) is 11.4 Å². The minimum absolute atomic E-state index is 0.140. The molecule has 1 aromatic carbocycles. The average molecular weight is 303 g/mol. The molecule has 0 aromatic heterocycles. The summed E-state index contributed by atoms with van der Waals surface area (Å²) in [7, 11) is 0. The molecule has 1 aliphatic heterocycles. The number of carbonyl (C=O) groups excluding carboxylic acids is 1. The zero-order valence-corrected chi connectivity index (χ0v) is 13.2. The number of aliphatic hydroxyl groups is 1. The van der Waals surface area contributed by atoms with Crippen LogP contribution >= 0.6 is 0 Å². The van der Waals surface area contributed by atoms with Crippen molar-refractivity contribution in [3.63, 3.8) is 0 Å². The number of benzene rings is 1. The number of amides is 1. The first kappa shape index (κ1) is 16.2. The van der Waals surface area contributed by atoms with Crippen molar-refractivity contribution in [3.05, 3.63) is 17.7 Å². The van der Waals surface area contributed by atoms with Gasteiger partial charge in [-0.25, -0.2) is 0 Å². The minimum atomic E-state index is -1.02. The fraction of sp³-hybridized carbons (Fsp3) is 0.471. The summed E-state index contributed by atoms with van der Waals surface area (Å²) in [6.45, 7) is 5.91. The number of anilines is 1. The van der Waals surface area contributed by atoms with Crippen LogP contribution in [0.2, 0.25) is 0 Å². The predicted molar refractivity (Wildman–Crippen MR) is 84.0 cm³/mol. The van der Waals surface area contributed by atoms with Crippen molar-refractivity contribution in [2.24, 2.45) is 0 Å². The molecule has 5 heteroatoms. The summed E-state index contributed by atoms with van der Waals surface area (Å²) < 4.78 is 11.6. The van der Waals surface area contributed by atoms with Gasteiger partial charge in [-0.1, -0.05) is 12.8 Å². The van der Waals surface area contributed by atoms with Crippen LogP contribution in [0.25, 0.3) is 0 Å². The predicted octanol–water partition coefficient (Wildman–Crippen LogP) is 2.10. The third kappa shape index (κ3) is 2.88. The molecule has 0 atom stereocenters. The number of nitrogens with zero attached hydrogens (tertiary/aromatic N) is 1. The molecule has 1 aromatic rings. The largest absolute Gasteiger partial charge is 0.490 e. The van der Waals surface area contributed by atoms with Crippen molar-refractivity contribution in [2.75, 3.05) is 18.1 Å². The second-order valence-corrected chi connectivity index (χ2v) is 5.66. The van der Waals surface area contributed by atoms with E-state index in [1.807, 2.05) is 6.92 Å². The third-order valence-corrected chi connectivity index (χ3v) is 3.40. The monoisotopic (exact) mass is 303 g/mol. The number of terminal acetylenes is 1. The third-order valence-electron chi connectivity index (χ3n) is 3.40. The molecule has 0 aliphatic carbocycles. The van der Waals surface area contributed by atoms with E-state index in [9.17, 15) is 9.90 Å². The van der Waals surface area contributed by atoms with E-state index >= 15 is 0 Å². The summed E-state index contributed by atoms with van der Waals surface area (Å²) in [4.78, 5) is 14.0. The standard InChI is InChI=1S/C17H21NO4/c1-5-7-18-13-9-12(11-19)10-14(21-8-6-2)15(13)22-17(3,4)16(18)20/h1,9-10,19H,6-8,11H2,2-4H3. The fourth-order valence-electron chi connectivity index (χ4n) is 2.34. The van der Waals surface area contributed by atoms with E-state index < -0.39 is 5.60 Å². The van der Waals surface area contributed by atoms with E-state index in [0.29, 0.717) is 29.4 Å². The number of aliphatic hydroxyl groups excluding tert-OH is 1. The van der Waals surface area contributed by atoms with Gasteiger partial charge in [0.05, 0.1) is 25.4 Å². The van der Waals surface area contributed by atoms with Crippen LogP contribution < -0.4 is 14.4 Å². The van der Waals surface area contributed by atoms with E-state index in [4.69, 9.17) is 15.9 Å². The van der Waals surface area contributed by atoms with Crippen molar-refractivity contribution >= 4 is 11.6 Å². The van der Waals surface area contributed by atoms with E-state index in [2.05, 4.69) is 5.92 Å². The van der Waals surface area contributed by atoms with Crippen LogP contribution in [0.1, 0.15) is 32.8 Å². The number of fused-ring (bicyclic) bond motifs is 1. The van der Waals surface area contributed by atoms with Crippen molar-refractivity contribution < 1.29 is 19.4 Å². The highest BCUT2D eigenvalue weighted by molar-refractivity contribution is 6.03. The van der Waals surface area contributed by atoms with E-state index in [1.165, 1.54) is 4.90 Å². The first-order valence-electron chi connectivity index (χ1n) is 7.29. The van der Waals surface area contributed by atoms with E-state index in [0.717, 1.165) is 6.42 Å². The molecule has 1 amide bonds. The summed E-state index contributed by atoms with van der Waals surface area (Å²) in [6, 6.07) is 3.44. The maximum atomic E-state index is 12.5. The first-order chi connectivity index (χ1) is 10.4. The molecular formula is C17H21NO4. The Morgan fingerprint density at radius 2 is 2.18 bits per heavy atom. The summed E-state index contributed by atoms with van der Waals surface area (Å²) in [5, 5.41) is 9.43. The summed E-state index contributed by atoms with van der Waals surface area (Å²) in [5.41, 5.74) is 0.164. The molecule has 1 N–H and O–H groups in total. The maximum absolute atomic E-state index is 12.5. The number of carbonyl (C=O) groups is 1. The van der Waals surface area contributed by atoms with Gasteiger partial charge in [0, 0.05) is 0 Å². The quantitative estimate of drug-likeness (QED) is 0.846. The Kier molecular flexibility index (Phi) is 4.62. The lowest BCUT2D eigenvalue weighted by atomic mass is 10.0. The lowest BCUT2D eigenvalue weighted by Gasteiger charge is -2.38. The highest BCUT2D eigenvalue weighted by Crippen LogP contribution is 2.45. The van der Waals surface area contributed by atoms with Crippen molar-refractivity contribution in [1.82, 2.24) is 0 Å². The zero-order valence-electron chi connectivity index (χ0n) is 13.2. The molecule has 0 unspecified atom stereocenters. The van der Waals surface area contributed by atoms with E-state index in [1.54, 1.807) is 26.0 Å². The van der Waals surface area contributed by atoms with Crippen LogP contribution in [0.4, 0.5) is 5.69 Å². The second-order valence-electron chi connectivity index (χ2n) is 5.66. The van der Waals surface area contributed by atoms with Crippen LogP contribution in [0.15, 0.2) is 12.1 Å². The summed E-state index contributed by atoms with van der Waals surface area (Å²) in [6.07, 6.45) is 6.23. The molecule has 118 valence electrons. The normalized spacial score (nSPS) is 15.8. The van der Waals surface area contributed by atoms with Gasteiger partial charge in [-0.3, -0.25) is 9.69 Å². The smallest absolute Gasteiger partial charge is 0.271 e. The van der Waals surface area contributed by atoms with Gasteiger partial charge in [-0.15, -0.1) is 6.42 Å². The average Bonchev–Trinajstić information content (AvgIpc) is 2.49. The zero-order chi connectivity index (χ0) is 16.3. The van der Waals surface area contributed by atoms with E-state index in [-0.39, 0.29) is 19.1 Å². The van der Waals surface area contributed by atoms with Crippen molar-refractivity contribution in [1.29, 1.82) is 0 Å². The lowest BCUT2D eigenvalue weighted by Crippen LogP contribution is -2.52. The molecule has 5 nitrogen and oxygen atoms in total. The Labute approximate surface area is 130 Å². The van der Waals surface area contributed by atoms with Crippen LogP contribution in [0, 0.1) is 12.3 Å². The number of hydrogen-bond donors (Lipinski definition) is 1. The van der Waals surface area contributed by atoms with Gasteiger partial charge in [0.15, 0.2) is 17.1 Å². The van der Waals surface area contributed by atoms with Crippen molar-refractivity contribution in [2.45, 2.75) is 39.4 Å². The molecule has 0 bridgehead atoms. The second kappa shape index (κ2) is 6.29. The van der Waals surface area contributed by atoms with Crippen LogP contribution in [-0.4, -0.2) is 29.8 Å². The molecule has 0 spiro atoms. The Morgan fingerprint density at radius 3 is 2.77 bits per heavy atom. The van der Waals surface area contributed by atoms with Gasteiger partial charge in [0.2, 0.25) is 0 Å². The van der Waals surface area contributed by atoms with Gasteiger partial charge >= 0.3 is 0 Å². The topological polar surface area (TPSA) is 59.0 Å². The maximum Gasteiger partial charge on any atom is 0.271 e. The molecule has 0 fully saturated rings. The number of hydrogen-bond acceptors (Lipinski definition) is 4. The molecule has 1 heterocycles.